The average Bonchev–Trinajstić information content (AvgIpc) is 2.71. The van der Waals surface area contributed by atoms with E-state index >= 15 is 0 Å². The molecule has 0 aromatic heterocycles. The van der Waals surface area contributed by atoms with Crippen molar-refractivity contribution >= 4 is 11.6 Å². The molecule has 19 heavy (non-hydrogen) atoms. The summed E-state index contributed by atoms with van der Waals surface area (Å²) in [6.07, 6.45) is -0.449. The van der Waals surface area contributed by atoms with E-state index in [9.17, 15) is 5.11 Å². The molecule has 5 nitrogen and oxygen atoms in total. The van der Waals surface area contributed by atoms with Gasteiger partial charge in [-0.3, -0.25) is 4.90 Å². The number of ether oxygens (including phenoxy) is 3. The highest BCUT2D eigenvalue weighted by Crippen LogP contribution is 2.37. The van der Waals surface area contributed by atoms with E-state index in [0.717, 1.165) is 17.9 Å². The Balaban J connectivity index is 1.75. The number of β-amino-alcohol motifs (C(OH)–C–C–N with tert-alkyl or cyclic N) is 1. The highest BCUT2D eigenvalue weighted by Gasteiger charge is 2.20. The van der Waals surface area contributed by atoms with Crippen LogP contribution in [0.1, 0.15) is 5.56 Å². The molecule has 0 radical (unpaired) electrons. The summed E-state index contributed by atoms with van der Waals surface area (Å²) in [5.74, 6) is 1.42. The first-order chi connectivity index (χ1) is 9.22. The molecule has 0 amide bonds. The van der Waals surface area contributed by atoms with Crippen LogP contribution >= 0.6 is 11.6 Å². The SMILES string of the molecule is OC1COCCN(Cc2cc3c(cc2Cl)OCO3)C1. The fraction of sp³-hybridized carbons (Fsp3) is 0.538. The Morgan fingerprint density at radius 2 is 2.11 bits per heavy atom. The molecule has 0 spiro atoms. The first kappa shape index (κ1) is 13.0. The van der Waals surface area contributed by atoms with E-state index in [-0.39, 0.29) is 6.79 Å². The normalized spacial score (nSPS) is 23.4. The Hall–Kier alpha value is -1.01. The van der Waals surface area contributed by atoms with Crippen molar-refractivity contribution in [1.29, 1.82) is 0 Å². The van der Waals surface area contributed by atoms with Crippen LogP contribution < -0.4 is 9.47 Å². The van der Waals surface area contributed by atoms with Gasteiger partial charge in [0.15, 0.2) is 11.5 Å². The van der Waals surface area contributed by atoms with Crippen molar-refractivity contribution < 1.29 is 19.3 Å². The fourth-order valence-corrected chi connectivity index (χ4v) is 2.53. The summed E-state index contributed by atoms with van der Waals surface area (Å²) in [7, 11) is 0. The van der Waals surface area contributed by atoms with Crippen molar-refractivity contribution in [3.05, 3.63) is 22.7 Å². The quantitative estimate of drug-likeness (QED) is 0.887. The second-order valence-corrected chi connectivity index (χ2v) is 5.17. The molecule has 1 N–H and O–H groups in total. The van der Waals surface area contributed by atoms with Crippen LogP contribution in [0.25, 0.3) is 0 Å². The molecule has 1 fully saturated rings. The number of nitrogens with zero attached hydrogens (tertiary/aromatic N) is 1. The lowest BCUT2D eigenvalue weighted by molar-refractivity contribution is 0.0562. The van der Waals surface area contributed by atoms with Gasteiger partial charge >= 0.3 is 0 Å². The molecule has 3 rings (SSSR count). The van der Waals surface area contributed by atoms with Crippen molar-refractivity contribution in [3.63, 3.8) is 0 Å². The Bertz CT molecular complexity index is 468. The van der Waals surface area contributed by atoms with Gasteiger partial charge in [-0.15, -0.1) is 0 Å². The average molecular weight is 286 g/mol. The molecule has 0 aliphatic carbocycles. The summed E-state index contributed by atoms with van der Waals surface area (Å²) in [5, 5.41) is 10.4. The molecule has 0 saturated carbocycles. The minimum absolute atomic E-state index is 0.241. The first-order valence-corrected chi connectivity index (χ1v) is 6.66. The van der Waals surface area contributed by atoms with Gasteiger partial charge in [0.05, 0.1) is 19.3 Å². The number of hydrogen-bond acceptors (Lipinski definition) is 5. The van der Waals surface area contributed by atoms with Crippen LogP contribution in [0.3, 0.4) is 0 Å². The van der Waals surface area contributed by atoms with Crippen LogP contribution in [0.15, 0.2) is 12.1 Å². The maximum atomic E-state index is 9.72. The standard InChI is InChI=1S/C13H16ClNO4/c14-11-4-13-12(18-8-19-13)3-9(11)5-15-1-2-17-7-10(16)6-15/h3-4,10,16H,1-2,5-8H2. The van der Waals surface area contributed by atoms with E-state index in [1.807, 2.05) is 6.07 Å². The molecule has 2 aliphatic rings. The van der Waals surface area contributed by atoms with Gasteiger partial charge in [0.25, 0.3) is 0 Å². The predicted molar refractivity (Wildman–Crippen MR) is 69.7 cm³/mol. The van der Waals surface area contributed by atoms with Crippen LogP contribution in [0.4, 0.5) is 0 Å². The van der Waals surface area contributed by atoms with Gasteiger partial charge in [-0.2, -0.15) is 0 Å². The highest BCUT2D eigenvalue weighted by molar-refractivity contribution is 6.31. The molecule has 6 heteroatoms. The number of aliphatic hydroxyl groups excluding tert-OH is 1. The highest BCUT2D eigenvalue weighted by atomic mass is 35.5. The van der Waals surface area contributed by atoms with E-state index in [1.165, 1.54) is 0 Å². The second-order valence-electron chi connectivity index (χ2n) is 4.76. The van der Waals surface area contributed by atoms with Gasteiger partial charge < -0.3 is 19.3 Å². The van der Waals surface area contributed by atoms with Crippen molar-refractivity contribution in [3.8, 4) is 11.5 Å². The minimum Gasteiger partial charge on any atom is -0.454 e. The van der Waals surface area contributed by atoms with E-state index in [4.69, 9.17) is 25.8 Å². The number of halogens is 1. The van der Waals surface area contributed by atoms with E-state index in [0.29, 0.717) is 37.1 Å². The van der Waals surface area contributed by atoms with Crippen LogP contribution in [0, 0.1) is 0 Å². The Morgan fingerprint density at radius 1 is 1.32 bits per heavy atom. The number of benzene rings is 1. The summed E-state index contributed by atoms with van der Waals surface area (Å²) in [6.45, 7) is 3.29. The van der Waals surface area contributed by atoms with E-state index < -0.39 is 6.10 Å². The van der Waals surface area contributed by atoms with Crippen molar-refractivity contribution in [2.24, 2.45) is 0 Å². The lowest BCUT2D eigenvalue weighted by Crippen LogP contribution is -2.32. The van der Waals surface area contributed by atoms with Crippen LogP contribution in [0.2, 0.25) is 5.02 Å². The first-order valence-electron chi connectivity index (χ1n) is 6.28. The van der Waals surface area contributed by atoms with Gasteiger partial charge in [-0.25, -0.2) is 0 Å². The largest absolute Gasteiger partial charge is 0.454 e. The van der Waals surface area contributed by atoms with E-state index in [1.54, 1.807) is 6.07 Å². The zero-order chi connectivity index (χ0) is 13.2. The van der Waals surface area contributed by atoms with Crippen LogP contribution in [-0.4, -0.2) is 49.2 Å². The lowest BCUT2D eigenvalue weighted by Gasteiger charge is -2.21. The smallest absolute Gasteiger partial charge is 0.231 e. The third-order valence-corrected chi connectivity index (χ3v) is 3.62. The van der Waals surface area contributed by atoms with Crippen molar-refractivity contribution in [1.82, 2.24) is 4.90 Å². The van der Waals surface area contributed by atoms with Gasteiger partial charge in [0.2, 0.25) is 6.79 Å². The van der Waals surface area contributed by atoms with Crippen molar-refractivity contribution in [2.75, 3.05) is 33.1 Å². The number of aliphatic hydroxyl groups is 1. The molecule has 104 valence electrons. The minimum atomic E-state index is -0.449. The van der Waals surface area contributed by atoms with Crippen molar-refractivity contribution in [2.45, 2.75) is 12.6 Å². The van der Waals surface area contributed by atoms with Crippen LogP contribution in [-0.2, 0) is 11.3 Å². The summed E-state index contributed by atoms with van der Waals surface area (Å²) >= 11 is 6.25. The predicted octanol–water partition coefficient (Wildman–Crippen LogP) is 1.26. The molecule has 1 atom stereocenters. The molecular weight excluding hydrogens is 270 g/mol. The van der Waals surface area contributed by atoms with Gasteiger partial charge in [0.1, 0.15) is 0 Å². The van der Waals surface area contributed by atoms with E-state index in [2.05, 4.69) is 4.90 Å². The van der Waals surface area contributed by atoms with Gasteiger partial charge in [-0.1, -0.05) is 11.6 Å². The Morgan fingerprint density at radius 3 is 2.95 bits per heavy atom. The molecule has 1 saturated heterocycles. The molecule has 1 aromatic carbocycles. The maximum absolute atomic E-state index is 9.72. The summed E-state index contributed by atoms with van der Waals surface area (Å²) in [4.78, 5) is 2.13. The molecule has 1 unspecified atom stereocenters. The summed E-state index contributed by atoms with van der Waals surface area (Å²) in [6, 6.07) is 3.69. The molecule has 2 aliphatic heterocycles. The maximum Gasteiger partial charge on any atom is 0.231 e. The monoisotopic (exact) mass is 285 g/mol. The van der Waals surface area contributed by atoms with Gasteiger partial charge in [-0.05, 0) is 11.6 Å². The summed E-state index contributed by atoms with van der Waals surface area (Å²) in [5.41, 5.74) is 0.972. The summed E-state index contributed by atoms with van der Waals surface area (Å²) < 4.78 is 15.9. The lowest BCUT2D eigenvalue weighted by atomic mass is 10.1. The number of fused-ring (bicyclic) bond motifs is 1. The number of rotatable bonds is 2. The molecular formula is C13H16ClNO4. The zero-order valence-electron chi connectivity index (χ0n) is 10.5. The van der Waals surface area contributed by atoms with Crippen LogP contribution in [0.5, 0.6) is 11.5 Å². The zero-order valence-corrected chi connectivity index (χ0v) is 11.2. The third-order valence-electron chi connectivity index (χ3n) is 3.27. The Labute approximate surface area is 116 Å². The Kier molecular flexibility index (Phi) is 3.79. The second kappa shape index (κ2) is 5.54. The molecule has 0 bridgehead atoms. The molecule has 2 heterocycles. The topological polar surface area (TPSA) is 51.2 Å². The number of hydrogen-bond donors (Lipinski definition) is 1. The molecule has 1 aromatic rings. The third kappa shape index (κ3) is 2.95. The van der Waals surface area contributed by atoms with Gasteiger partial charge in [0, 0.05) is 30.7 Å². The fourth-order valence-electron chi connectivity index (χ4n) is 2.32.